The molecule has 5 nitrogen and oxygen atoms in total. The van der Waals surface area contributed by atoms with Crippen LogP contribution >= 0.6 is 0 Å². The number of carbonyl (C=O) groups is 1. The van der Waals surface area contributed by atoms with Gasteiger partial charge in [0, 0.05) is 24.0 Å². The van der Waals surface area contributed by atoms with Gasteiger partial charge in [0.15, 0.2) is 0 Å². The minimum Gasteiger partial charge on any atom is -0.494 e. The van der Waals surface area contributed by atoms with Gasteiger partial charge in [-0.2, -0.15) is 0 Å². The molecule has 0 fully saturated rings. The van der Waals surface area contributed by atoms with Crippen LogP contribution in [0, 0.1) is 5.82 Å². The third-order valence-electron chi connectivity index (χ3n) is 4.10. The molecule has 6 heteroatoms. The molecule has 0 radical (unpaired) electrons. The molecule has 0 aliphatic carbocycles. The molecule has 2 N–H and O–H groups in total. The fourth-order valence-corrected chi connectivity index (χ4v) is 2.70. The van der Waals surface area contributed by atoms with E-state index in [-0.39, 0.29) is 11.7 Å². The lowest BCUT2D eigenvalue weighted by atomic mass is 10.1. The highest BCUT2D eigenvalue weighted by Gasteiger charge is 2.08. The Labute approximate surface area is 163 Å². The van der Waals surface area contributed by atoms with Gasteiger partial charge in [0.1, 0.15) is 17.4 Å². The molecule has 3 rings (SSSR count). The fourth-order valence-electron chi connectivity index (χ4n) is 2.70. The van der Waals surface area contributed by atoms with E-state index in [2.05, 4.69) is 15.6 Å². The molecule has 2 aromatic carbocycles. The van der Waals surface area contributed by atoms with Crippen LogP contribution in [0.4, 0.5) is 15.9 Å². The Kier molecular flexibility index (Phi) is 6.57. The zero-order chi connectivity index (χ0) is 19.8. The van der Waals surface area contributed by atoms with Crippen molar-refractivity contribution in [2.45, 2.75) is 13.3 Å². The summed E-state index contributed by atoms with van der Waals surface area (Å²) < 4.78 is 19.0. The highest BCUT2D eigenvalue weighted by atomic mass is 19.1. The molecular weight excluding hydrogens is 357 g/mol. The first kappa shape index (κ1) is 19.4. The molecule has 0 unspecified atom stereocenters. The number of aromatic nitrogens is 1. The molecule has 0 aliphatic rings. The van der Waals surface area contributed by atoms with Gasteiger partial charge in [0.05, 0.1) is 6.61 Å². The molecular formula is C22H22FN3O2. The van der Waals surface area contributed by atoms with Crippen LogP contribution in [0.3, 0.4) is 0 Å². The van der Waals surface area contributed by atoms with Crippen LogP contribution in [0.5, 0.6) is 5.75 Å². The summed E-state index contributed by atoms with van der Waals surface area (Å²) in [5, 5.41) is 5.97. The first-order valence-electron chi connectivity index (χ1n) is 9.13. The standard InChI is InChI=1S/C22H22FN3O2/c1-2-28-19-9-7-18(8-10-19)26-21-15-17(12-13-24-21)22(27)25-14-11-16-5-3-4-6-20(16)23/h3-10,12-13,15H,2,11,14H2,1H3,(H,24,26)(H,25,27). The summed E-state index contributed by atoms with van der Waals surface area (Å²) in [4.78, 5) is 16.6. The van der Waals surface area contributed by atoms with E-state index in [1.54, 1.807) is 36.5 Å². The monoisotopic (exact) mass is 379 g/mol. The van der Waals surface area contributed by atoms with Crippen molar-refractivity contribution in [2.24, 2.45) is 0 Å². The van der Waals surface area contributed by atoms with Crippen molar-refractivity contribution in [3.05, 3.63) is 83.8 Å². The second kappa shape index (κ2) is 9.50. The molecule has 28 heavy (non-hydrogen) atoms. The first-order chi connectivity index (χ1) is 13.7. The van der Waals surface area contributed by atoms with Crippen molar-refractivity contribution in [1.29, 1.82) is 0 Å². The number of benzene rings is 2. The van der Waals surface area contributed by atoms with Crippen LogP contribution in [0.15, 0.2) is 66.9 Å². The number of ether oxygens (including phenoxy) is 1. The van der Waals surface area contributed by atoms with Gasteiger partial charge in [0.25, 0.3) is 5.91 Å². The van der Waals surface area contributed by atoms with E-state index in [9.17, 15) is 9.18 Å². The summed E-state index contributed by atoms with van der Waals surface area (Å²) >= 11 is 0. The van der Waals surface area contributed by atoms with Gasteiger partial charge in [-0.3, -0.25) is 4.79 Å². The van der Waals surface area contributed by atoms with Crippen LogP contribution in [-0.2, 0) is 6.42 Å². The number of anilines is 2. The third kappa shape index (κ3) is 5.30. The molecule has 0 saturated heterocycles. The van der Waals surface area contributed by atoms with Gasteiger partial charge in [-0.1, -0.05) is 18.2 Å². The Morgan fingerprint density at radius 1 is 1.11 bits per heavy atom. The van der Waals surface area contributed by atoms with Gasteiger partial charge in [-0.05, 0) is 61.4 Å². The van der Waals surface area contributed by atoms with Crippen LogP contribution in [0.2, 0.25) is 0 Å². The minimum atomic E-state index is -0.262. The molecule has 0 spiro atoms. The van der Waals surface area contributed by atoms with E-state index in [4.69, 9.17) is 4.74 Å². The predicted molar refractivity (Wildman–Crippen MR) is 108 cm³/mol. The molecule has 1 aromatic heterocycles. The van der Waals surface area contributed by atoms with E-state index in [0.717, 1.165) is 11.4 Å². The maximum Gasteiger partial charge on any atom is 0.251 e. The van der Waals surface area contributed by atoms with Crippen LogP contribution in [0.25, 0.3) is 0 Å². The van der Waals surface area contributed by atoms with E-state index in [1.807, 2.05) is 31.2 Å². The molecule has 0 bridgehead atoms. The summed E-state index contributed by atoms with van der Waals surface area (Å²) in [6.07, 6.45) is 2.00. The SMILES string of the molecule is CCOc1ccc(Nc2cc(C(=O)NCCc3ccccc3F)ccn2)cc1. The van der Waals surface area contributed by atoms with Gasteiger partial charge >= 0.3 is 0 Å². The Hall–Kier alpha value is -3.41. The fraction of sp³-hybridized carbons (Fsp3) is 0.182. The van der Waals surface area contributed by atoms with Crippen molar-refractivity contribution >= 4 is 17.4 Å². The molecule has 144 valence electrons. The Morgan fingerprint density at radius 2 is 1.89 bits per heavy atom. The number of rotatable bonds is 8. The molecule has 0 aliphatic heterocycles. The van der Waals surface area contributed by atoms with Gasteiger partial charge in [-0.25, -0.2) is 9.37 Å². The number of nitrogens with one attached hydrogen (secondary N) is 2. The maximum atomic E-state index is 13.6. The van der Waals surface area contributed by atoms with E-state index in [0.29, 0.717) is 36.5 Å². The van der Waals surface area contributed by atoms with Gasteiger partial charge < -0.3 is 15.4 Å². The smallest absolute Gasteiger partial charge is 0.251 e. The average molecular weight is 379 g/mol. The van der Waals surface area contributed by atoms with Crippen molar-refractivity contribution < 1.29 is 13.9 Å². The molecule has 1 heterocycles. The average Bonchev–Trinajstić information content (AvgIpc) is 2.71. The molecule has 1 amide bonds. The highest BCUT2D eigenvalue weighted by Crippen LogP contribution is 2.19. The first-order valence-corrected chi connectivity index (χ1v) is 9.13. The van der Waals surface area contributed by atoms with Gasteiger partial charge in [-0.15, -0.1) is 0 Å². The maximum absolute atomic E-state index is 13.6. The summed E-state index contributed by atoms with van der Waals surface area (Å²) in [5.74, 6) is 0.867. The Morgan fingerprint density at radius 3 is 2.64 bits per heavy atom. The molecule has 0 saturated carbocycles. The third-order valence-corrected chi connectivity index (χ3v) is 4.10. The zero-order valence-electron chi connectivity index (χ0n) is 15.6. The molecule has 0 atom stereocenters. The number of carbonyl (C=O) groups excluding carboxylic acids is 1. The van der Waals surface area contributed by atoms with Crippen LogP contribution in [0.1, 0.15) is 22.8 Å². The number of hydrogen-bond acceptors (Lipinski definition) is 4. The summed E-state index contributed by atoms with van der Waals surface area (Å²) in [5.41, 5.74) is 1.90. The van der Waals surface area contributed by atoms with Crippen molar-refractivity contribution in [3.8, 4) is 5.75 Å². The van der Waals surface area contributed by atoms with E-state index in [1.165, 1.54) is 6.07 Å². The van der Waals surface area contributed by atoms with E-state index < -0.39 is 0 Å². The lowest BCUT2D eigenvalue weighted by Gasteiger charge is -2.09. The minimum absolute atomic E-state index is 0.228. The van der Waals surface area contributed by atoms with Gasteiger partial charge in [0.2, 0.25) is 0 Å². The lowest BCUT2D eigenvalue weighted by molar-refractivity contribution is 0.0954. The second-order valence-corrected chi connectivity index (χ2v) is 6.11. The summed E-state index contributed by atoms with van der Waals surface area (Å²) in [6, 6.07) is 17.4. The topological polar surface area (TPSA) is 63.2 Å². The van der Waals surface area contributed by atoms with Crippen LogP contribution in [-0.4, -0.2) is 24.0 Å². The Bertz CT molecular complexity index is 929. The zero-order valence-corrected chi connectivity index (χ0v) is 15.6. The normalized spacial score (nSPS) is 10.4. The highest BCUT2D eigenvalue weighted by molar-refractivity contribution is 5.94. The summed E-state index contributed by atoms with van der Waals surface area (Å²) in [7, 11) is 0. The number of pyridine rings is 1. The Balaban J connectivity index is 1.57. The van der Waals surface area contributed by atoms with Crippen molar-refractivity contribution in [2.75, 3.05) is 18.5 Å². The lowest BCUT2D eigenvalue weighted by Crippen LogP contribution is -2.26. The van der Waals surface area contributed by atoms with Crippen molar-refractivity contribution in [1.82, 2.24) is 10.3 Å². The summed E-state index contributed by atoms with van der Waals surface area (Å²) in [6.45, 7) is 2.90. The largest absolute Gasteiger partial charge is 0.494 e. The predicted octanol–water partition coefficient (Wildman–Crippen LogP) is 4.34. The number of hydrogen-bond donors (Lipinski definition) is 2. The van der Waals surface area contributed by atoms with E-state index >= 15 is 0 Å². The van der Waals surface area contributed by atoms with Crippen LogP contribution < -0.4 is 15.4 Å². The van der Waals surface area contributed by atoms with Crippen molar-refractivity contribution in [3.63, 3.8) is 0 Å². The number of nitrogens with zero attached hydrogens (tertiary/aromatic N) is 1. The molecule has 3 aromatic rings. The number of amides is 1. The second-order valence-electron chi connectivity index (χ2n) is 6.11. The number of halogens is 1. The quantitative estimate of drug-likeness (QED) is 0.611.